The predicted octanol–water partition coefficient (Wildman–Crippen LogP) is -1.38. The number of nitrogens with zero attached hydrogens (tertiary/aromatic N) is 1. The molecule has 0 spiro atoms. The van der Waals surface area contributed by atoms with Crippen LogP contribution < -0.4 is 11.1 Å². The molecule has 0 saturated heterocycles. The van der Waals surface area contributed by atoms with Crippen LogP contribution in [0, 0.1) is 0 Å². The van der Waals surface area contributed by atoms with E-state index >= 15 is 0 Å². The summed E-state index contributed by atoms with van der Waals surface area (Å²) in [4.78, 5) is 35.0. The van der Waals surface area contributed by atoms with Gasteiger partial charge in [-0.05, 0) is 0 Å². The molecular weight excluding hydrogens is 270 g/mol. The molecule has 0 rings (SSSR count). The molecule has 0 aromatic rings. The predicted molar refractivity (Wildman–Crippen MR) is 69.1 cm³/mol. The monoisotopic (exact) mass is 291 g/mol. The first-order chi connectivity index (χ1) is 9.42. The Labute approximate surface area is 117 Å². The van der Waals surface area contributed by atoms with Crippen molar-refractivity contribution in [3.63, 3.8) is 0 Å². The van der Waals surface area contributed by atoms with Crippen LogP contribution >= 0.6 is 0 Å². The van der Waals surface area contributed by atoms with E-state index in [1.54, 1.807) is 0 Å². The summed E-state index contributed by atoms with van der Waals surface area (Å²) in [6, 6.07) is -1.97. The lowest BCUT2D eigenvalue weighted by Crippen LogP contribution is -2.50. The first kappa shape index (κ1) is 18.1. The molecule has 9 heteroatoms. The summed E-state index contributed by atoms with van der Waals surface area (Å²) in [5.41, 5.74) is 4.94. The lowest BCUT2D eigenvalue weighted by atomic mass is 10.2. The van der Waals surface area contributed by atoms with Gasteiger partial charge in [-0.2, -0.15) is 0 Å². The van der Waals surface area contributed by atoms with Crippen molar-refractivity contribution in [1.82, 2.24) is 10.2 Å². The second-order valence-corrected chi connectivity index (χ2v) is 3.98. The molecule has 0 aliphatic carbocycles. The third-order valence-corrected chi connectivity index (χ3v) is 2.42. The van der Waals surface area contributed by atoms with Crippen LogP contribution in [0.4, 0.5) is 4.79 Å². The van der Waals surface area contributed by atoms with Gasteiger partial charge >= 0.3 is 12.0 Å². The SMILES string of the molecule is COCCN(CCOC)C(=O)N[C@@H](CC(N)=O)C(=O)O. The van der Waals surface area contributed by atoms with Crippen molar-refractivity contribution in [1.29, 1.82) is 0 Å². The summed E-state index contributed by atoms with van der Waals surface area (Å²) >= 11 is 0. The van der Waals surface area contributed by atoms with Gasteiger partial charge < -0.3 is 30.5 Å². The van der Waals surface area contributed by atoms with Gasteiger partial charge in [0, 0.05) is 27.3 Å². The number of primary amides is 1. The highest BCUT2D eigenvalue weighted by molar-refractivity contribution is 5.87. The molecule has 3 amide bonds. The summed E-state index contributed by atoms with van der Waals surface area (Å²) in [5.74, 6) is -2.13. The molecule has 0 fully saturated rings. The van der Waals surface area contributed by atoms with Crippen molar-refractivity contribution in [2.75, 3.05) is 40.5 Å². The van der Waals surface area contributed by atoms with Gasteiger partial charge in [-0.25, -0.2) is 9.59 Å². The van der Waals surface area contributed by atoms with E-state index in [0.29, 0.717) is 13.2 Å². The Bertz CT molecular complexity index is 328. The normalized spacial score (nSPS) is 11.7. The summed E-state index contributed by atoms with van der Waals surface area (Å²) in [7, 11) is 2.97. The standard InChI is InChI=1S/C11H21N3O6/c1-19-5-3-14(4-6-20-2)11(18)13-8(10(16)17)7-9(12)15/h8H,3-7H2,1-2H3,(H2,12,15)(H,13,18)(H,16,17)/t8-/m0/s1. The highest BCUT2D eigenvalue weighted by atomic mass is 16.5. The molecule has 0 saturated carbocycles. The highest BCUT2D eigenvalue weighted by Gasteiger charge is 2.24. The van der Waals surface area contributed by atoms with Gasteiger partial charge in [-0.1, -0.05) is 0 Å². The number of urea groups is 1. The van der Waals surface area contributed by atoms with E-state index in [2.05, 4.69) is 5.32 Å². The number of carboxylic acids is 1. The molecule has 0 aromatic heterocycles. The second kappa shape index (κ2) is 9.98. The summed E-state index contributed by atoms with van der Waals surface area (Å²) in [5, 5.41) is 11.2. The zero-order valence-electron chi connectivity index (χ0n) is 11.6. The Hall–Kier alpha value is -1.87. The van der Waals surface area contributed by atoms with Gasteiger partial charge in [0.2, 0.25) is 5.91 Å². The van der Waals surface area contributed by atoms with Crippen molar-refractivity contribution in [2.24, 2.45) is 5.73 Å². The molecular formula is C11H21N3O6. The van der Waals surface area contributed by atoms with Crippen LogP contribution in [-0.4, -0.2) is 74.5 Å². The number of aliphatic carboxylic acids is 1. The van der Waals surface area contributed by atoms with E-state index in [1.165, 1.54) is 19.1 Å². The lowest BCUT2D eigenvalue weighted by Gasteiger charge is -2.24. The maximum absolute atomic E-state index is 11.9. The number of rotatable bonds is 10. The van der Waals surface area contributed by atoms with Crippen LogP contribution in [0.1, 0.15) is 6.42 Å². The van der Waals surface area contributed by atoms with Crippen molar-refractivity contribution >= 4 is 17.9 Å². The fourth-order valence-electron chi connectivity index (χ4n) is 1.36. The van der Waals surface area contributed by atoms with Gasteiger partial charge in [0.1, 0.15) is 6.04 Å². The third kappa shape index (κ3) is 7.54. The number of nitrogens with one attached hydrogen (secondary N) is 1. The molecule has 0 unspecified atom stereocenters. The number of carboxylic acid groups (broad SMARTS) is 1. The van der Waals surface area contributed by atoms with Gasteiger partial charge in [0.05, 0.1) is 19.6 Å². The fraction of sp³-hybridized carbons (Fsp3) is 0.727. The molecule has 0 aliphatic rings. The van der Waals surface area contributed by atoms with E-state index in [9.17, 15) is 14.4 Å². The third-order valence-electron chi connectivity index (χ3n) is 2.42. The average molecular weight is 291 g/mol. The largest absolute Gasteiger partial charge is 0.480 e. The Balaban J connectivity index is 4.59. The topological polar surface area (TPSA) is 131 Å². The molecule has 0 heterocycles. The number of hydrogen-bond acceptors (Lipinski definition) is 5. The van der Waals surface area contributed by atoms with Gasteiger partial charge in [-0.3, -0.25) is 4.79 Å². The van der Waals surface area contributed by atoms with Gasteiger partial charge in [0.25, 0.3) is 0 Å². The molecule has 20 heavy (non-hydrogen) atoms. The van der Waals surface area contributed by atoms with Crippen LogP contribution in [0.15, 0.2) is 0 Å². The molecule has 0 aliphatic heterocycles. The van der Waals surface area contributed by atoms with E-state index in [0.717, 1.165) is 0 Å². The molecule has 4 N–H and O–H groups in total. The first-order valence-electron chi connectivity index (χ1n) is 5.96. The number of amides is 3. The van der Waals surface area contributed by atoms with Crippen LogP contribution in [0.3, 0.4) is 0 Å². The number of carbonyl (C=O) groups excluding carboxylic acids is 2. The Morgan fingerprint density at radius 2 is 1.70 bits per heavy atom. The van der Waals surface area contributed by atoms with Gasteiger partial charge in [0.15, 0.2) is 0 Å². The second-order valence-electron chi connectivity index (χ2n) is 3.98. The minimum atomic E-state index is -1.35. The molecule has 116 valence electrons. The van der Waals surface area contributed by atoms with Crippen molar-refractivity contribution in [3.05, 3.63) is 0 Å². The zero-order chi connectivity index (χ0) is 15.5. The number of ether oxygens (including phenoxy) is 2. The molecule has 0 radical (unpaired) electrons. The average Bonchev–Trinajstić information content (AvgIpc) is 2.37. The zero-order valence-corrected chi connectivity index (χ0v) is 11.6. The lowest BCUT2D eigenvalue weighted by molar-refractivity contribution is -0.141. The van der Waals surface area contributed by atoms with Crippen LogP contribution in [0.2, 0.25) is 0 Å². The Morgan fingerprint density at radius 1 is 1.20 bits per heavy atom. The number of hydrogen-bond donors (Lipinski definition) is 3. The van der Waals surface area contributed by atoms with E-state index in [1.807, 2.05) is 0 Å². The Morgan fingerprint density at radius 3 is 2.05 bits per heavy atom. The van der Waals surface area contributed by atoms with E-state index in [4.69, 9.17) is 20.3 Å². The number of nitrogens with two attached hydrogens (primary N) is 1. The van der Waals surface area contributed by atoms with Crippen LogP contribution in [0.25, 0.3) is 0 Å². The molecule has 0 aromatic carbocycles. The van der Waals surface area contributed by atoms with Crippen molar-refractivity contribution < 1.29 is 29.0 Å². The minimum absolute atomic E-state index is 0.272. The van der Waals surface area contributed by atoms with E-state index in [-0.39, 0.29) is 13.1 Å². The molecule has 1 atom stereocenters. The Kier molecular flexibility index (Phi) is 9.05. The molecule has 9 nitrogen and oxygen atoms in total. The maximum atomic E-state index is 11.9. The van der Waals surface area contributed by atoms with Crippen molar-refractivity contribution in [2.45, 2.75) is 12.5 Å². The van der Waals surface area contributed by atoms with Crippen molar-refractivity contribution in [3.8, 4) is 0 Å². The summed E-state index contributed by atoms with van der Waals surface area (Å²) in [6.45, 7) is 1.14. The maximum Gasteiger partial charge on any atom is 0.326 e. The van der Waals surface area contributed by atoms with Crippen LogP contribution in [-0.2, 0) is 19.1 Å². The highest BCUT2D eigenvalue weighted by Crippen LogP contribution is 1.97. The number of methoxy groups -OCH3 is 2. The molecule has 0 bridgehead atoms. The van der Waals surface area contributed by atoms with Gasteiger partial charge in [-0.15, -0.1) is 0 Å². The summed E-state index contributed by atoms with van der Waals surface area (Å²) in [6.07, 6.45) is -0.469. The van der Waals surface area contributed by atoms with Crippen LogP contribution in [0.5, 0.6) is 0 Å². The number of carbonyl (C=O) groups is 3. The quantitative estimate of drug-likeness (QED) is 0.454. The summed E-state index contributed by atoms with van der Waals surface area (Å²) < 4.78 is 9.73. The minimum Gasteiger partial charge on any atom is -0.480 e. The first-order valence-corrected chi connectivity index (χ1v) is 5.96. The fourth-order valence-corrected chi connectivity index (χ4v) is 1.36. The smallest absolute Gasteiger partial charge is 0.326 e. The van der Waals surface area contributed by atoms with E-state index < -0.39 is 30.4 Å².